The van der Waals surface area contributed by atoms with Gasteiger partial charge in [-0.15, -0.1) is 0 Å². The third-order valence-corrected chi connectivity index (χ3v) is 3.97. The molecule has 0 radical (unpaired) electrons. The number of aliphatic hydroxyl groups is 1. The standard InChI is InChI=1S/C13H12ClFOS/c1-7-3-9(11(14)4-12(7)15)13(16)10-6-17-5-8(10)2/h3-6,13,16H,1-2H3. The van der Waals surface area contributed by atoms with Crippen molar-refractivity contribution >= 4 is 22.9 Å². The van der Waals surface area contributed by atoms with E-state index < -0.39 is 6.10 Å². The van der Waals surface area contributed by atoms with Crippen LogP contribution in [0.25, 0.3) is 0 Å². The maximum Gasteiger partial charge on any atom is 0.127 e. The first-order chi connectivity index (χ1) is 8.00. The molecular formula is C13H12ClFOS. The summed E-state index contributed by atoms with van der Waals surface area (Å²) in [7, 11) is 0. The molecule has 90 valence electrons. The molecule has 2 aromatic rings. The maximum absolute atomic E-state index is 13.3. The number of aliphatic hydroxyl groups excluding tert-OH is 1. The summed E-state index contributed by atoms with van der Waals surface area (Å²) in [4.78, 5) is 0. The fraction of sp³-hybridized carbons (Fsp3) is 0.231. The fourth-order valence-corrected chi connectivity index (χ4v) is 2.83. The highest BCUT2D eigenvalue weighted by Crippen LogP contribution is 2.33. The maximum atomic E-state index is 13.3. The first-order valence-electron chi connectivity index (χ1n) is 5.17. The minimum atomic E-state index is -0.798. The van der Waals surface area contributed by atoms with Crippen LogP contribution in [0.1, 0.15) is 28.4 Å². The van der Waals surface area contributed by atoms with Crippen LogP contribution < -0.4 is 0 Å². The zero-order valence-corrected chi connectivity index (χ0v) is 11.1. The predicted molar refractivity (Wildman–Crippen MR) is 69.3 cm³/mol. The molecule has 0 bridgehead atoms. The largest absolute Gasteiger partial charge is 0.384 e. The Morgan fingerprint density at radius 1 is 1.18 bits per heavy atom. The van der Waals surface area contributed by atoms with Crippen LogP contribution in [-0.2, 0) is 0 Å². The van der Waals surface area contributed by atoms with Gasteiger partial charge in [-0.05, 0) is 53.4 Å². The zero-order valence-electron chi connectivity index (χ0n) is 9.50. The van der Waals surface area contributed by atoms with Gasteiger partial charge >= 0.3 is 0 Å². The summed E-state index contributed by atoms with van der Waals surface area (Å²) in [6.45, 7) is 3.59. The van der Waals surface area contributed by atoms with Gasteiger partial charge in [-0.2, -0.15) is 11.3 Å². The Bertz CT molecular complexity index is 550. The van der Waals surface area contributed by atoms with Crippen LogP contribution in [0.3, 0.4) is 0 Å². The number of halogens is 2. The van der Waals surface area contributed by atoms with Crippen LogP contribution in [0.2, 0.25) is 5.02 Å². The molecule has 1 N–H and O–H groups in total. The molecule has 1 heterocycles. The molecule has 1 nitrogen and oxygen atoms in total. The summed E-state index contributed by atoms with van der Waals surface area (Å²) in [6.07, 6.45) is -0.798. The third-order valence-electron chi connectivity index (χ3n) is 2.76. The Hall–Kier alpha value is -0.900. The van der Waals surface area contributed by atoms with E-state index in [2.05, 4.69) is 0 Å². The van der Waals surface area contributed by atoms with Crippen molar-refractivity contribution in [3.05, 3.63) is 56.0 Å². The first-order valence-corrected chi connectivity index (χ1v) is 6.49. The van der Waals surface area contributed by atoms with Crippen molar-refractivity contribution in [2.45, 2.75) is 20.0 Å². The summed E-state index contributed by atoms with van der Waals surface area (Å²) < 4.78 is 13.3. The molecular weight excluding hydrogens is 259 g/mol. The van der Waals surface area contributed by atoms with Gasteiger partial charge in [-0.25, -0.2) is 4.39 Å². The average molecular weight is 271 g/mol. The van der Waals surface area contributed by atoms with Crippen molar-refractivity contribution in [2.75, 3.05) is 0 Å². The summed E-state index contributed by atoms with van der Waals surface area (Å²) in [5.74, 6) is -0.354. The van der Waals surface area contributed by atoms with E-state index in [-0.39, 0.29) is 10.8 Å². The second-order valence-corrected chi connectivity index (χ2v) is 5.19. The second-order valence-electron chi connectivity index (χ2n) is 4.04. The molecule has 0 saturated carbocycles. The average Bonchev–Trinajstić information content (AvgIpc) is 2.69. The van der Waals surface area contributed by atoms with Crippen molar-refractivity contribution in [2.24, 2.45) is 0 Å². The van der Waals surface area contributed by atoms with E-state index >= 15 is 0 Å². The van der Waals surface area contributed by atoms with E-state index in [1.165, 1.54) is 17.4 Å². The molecule has 0 amide bonds. The van der Waals surface area contributed by atoms with Gasteiger partial charge in [0.25, 0.3) is 0 Å². The van der Waals surface area contributed by atoms with Crippen LogP contribution in [-0.4, -0.2) is 5.11 Å². The lowest BCUT2D eigenvalue weighted by Gasteiger charge is -2.14. The molecule has 1 aromatic carbocycles. The monoisotopic (exact) mass is 270 g/mol. The topological polar surface area (TPSA) is 20.2 Å². The smallest absolute Gasteiger partial charge is 0.127 e. The molecule has 1 unspecified atom stereocenters. The highest BCUT2D eigenvalue weighted by molar-refractivity contribution is 7.08. The molecule has 1 aromatic heterocycles. The highest BCUT2D eigenvalue weighted by Gasteiger charge is 2.18. The van der Waals surface area contributed by atoms with Gasteiger partial charge in [0.2, 0.25) is 0 Å². The van der Waals surface area contributed by atoms with Crippen molar-refractivity contribution in [1.29, 1.82) is 0 Å². The molecule has 4 heteroatoms. The van der Waals surface area contributed by atoms with Crippen molar-refractivity contribution in [3.63, 3.8) is 0 Å². The van der Waals surface area contributed by atoms with Crippen LogP contribution >= 0.6 is 22.9 Å². The van der Waals surface area contributed by atoms with Crippen molar-refractivity contribution in [1.82, 2.24) is 0 Å². The molecule has 17 heavy (non-hydrogen) atoms. The number of aryl methyl sites for hydroxylation is 2. The molecule has 2 rings (SSSR count). The number of rotatable bonds is 2. The molecule has 0 aliphatic rings. The quantitative estimate of drug-likeness (QED) is 0.865. The Balaban J connectivity index is 2.48. The van der Waals surface area contributed by atoms with Gasteiger partial charge in [0, 0.05) is 10.6 Å². The lowest BCUT2D eigenvalue weighted by molar-refractivity contribution is 0.220. The molecule has 0 fully saturated rings. The fourth-order valence-electron chi connectivity index (χ4n) is 1.71. The van der Waals surface area contributed by atoms with Gasteiger partial charge in [0.15, 0.2) is 0 Å². The lowest BCUT2D eigenvalue weighted by Crippen LogP contribution is -2.02. The van der Waals surface area contributed by atoms with Gasteiger partial charge < -0.3 is 5.11 Å². The van der Waals surface area contributed by atoms with Gasteiger partial charge in [-0.3, -0.25) is 0 Å². The van der Waals surface area contributed by atoms with Crippen LogP contribution in [0.4, 0.5) is 4.39 Å². The molecule has 0 saturated heterocycles. The van der Waals surface area contributed by atoms with Gasteiger partial charge in [0.05, 0.1) is 0 Å². The minimum absolute atomic E-state index is 0.256. The zero-order chi connectivity index (χ0) is 12.6. The van der Waals surface area contributed by atoms with E-state index in [1.807, 2.05) is 17.7 Å². The van der Waals surface area contributed by atoms with Crippen LogP contribution in [0, 0.1) is 19.7 Å². The molecule has 0 spiro atoms. The van der Waals surface area contributed by atoms with Crippen LogP contribution in [0.5, 0.6) is 0 Å². The number of benzene rings is 1. The predicted octanol–water partition coefficient (Wildman–Crippen LogP) is 4.24. The Kier molecular flexibility index (Phi) is 3.52. The van der Waals surface area contributed by atoms with Crippen molar-refractivity contribution in [3.8, 4) is 0 Å². The Morgan fingerprint density at radius 2 is 1.88 bits per heavy atom. The Morgan fingerprint density at radius 3 is 2.47 bits per heavy atom. The summed E-state index contributed by atoms with van der Waals surface area (Å²) in [5.41, 5.74) is 2.87. The normalized spacial score (nSPS) is 12.8. The first kappa shape index (κ1) is 12.6. The minimum Gasteiger partial charge on any atom is -0.384 e. The van der Waals surface area contributed by atoms with E-state index in [0.29, 0.717) is 11.1 Å². The molecule has 1 atom stereocenters. The summed E-state index contributed by atoms with van der Waals surface area (Å²) in [6, 6.07) is 2.84. The van der Waals surface area contributed by atoms with E-state index in [0.717, 1.165) is 11.1 Å². The number of thiophene rings is 1. The molecule has 0 aliphatic carbocycles. The summed E-state index contributed by atoms with van der Waals surface area (Å²) >= 11 is 7.49. The summed E-state index contributed by atoms with van der Waals surface area (Å²) in [5, 5.41) is 14.4. The second kappa shape index (κ2) is 4.77. The van der Waals surface area contributed by atoms with Crippen LogP contribution in [0.15, 0.2) is 22.9 Å². The Labute approximate surface area is 108 Å². The van der Waals surface area contributed by atoms with Gasteiger partial charge in [0.1, 0.15) is 11.9 Å². The molecule has 0 aliphatic heterocycles. The lowest BCUT2D eigenvalue weighted by atomic mass is 9.99. The number of hydrogen-bond acceptors (Lipinski definition) is 2. The SMILES string of the molecule is Cc1cc(C(O)c2cscc2C)c(Cl)cc1F. The third kappa shape index (κ3) is 2.37. The van der Waals surface area contributed by atoms with E-state index in [1.54, 1.807) is 13.0 Å². The van der Waals surface area contributed by atoms with E-state index in [4.69, 9.17) is 11.6 Å². The highest BCUT2D eigenvalue weighted by atomic mass is 35.5. The van der Waals surface area contributed by atoms with Gasteiger partial charge in [-0.1, -0.05) is 11.6 Å². The number of hydrogen-bond donors (Lipinski definition) is 1. The van der Waals surface area contributed by atoms with E-state index in [9.17, 15) is 9.50 Å². The van der Waals surface area contributed by atoms with Crippen molar-refractivity contribution < 1.29 is 9.50 Å².